The molecule has 0 radical (unpaired) electrons. The molecule has 0 unspecified atom stereocenters. The standard InChI is InChI=1S/C17H17BrN6O4/c1-12-16(24(26)27)9-20-23(12)7-6-17(25)21-14-8-19-22(10-14)11-28-15-4-2-13(18)3-5-15/h2-5,8-10H,6-7,11H2,1H3,(H,21,25). The highest BCUT2D eigenvalue weighted by Crippen LogP contribution is 2.17. The number of carbonyl (C=O) groups is 1. The van der Waals surface area contributed by atoms with Crippen molar-refractivity contribution in [1.29, 1.82) is 0 Å². The molecule has 1 N–H and O–H groups in total. The molecule has 0 saturated carbocycles. The number of rotatable bonds is 8. The Balaban J connectivity index is 1.48. The van der Waals surface area contributed by atoms with Crippen LogP contribution in [-0.4, -0.2) is 30.4 Å². The Bertz CT molecular complexity index is 982. The van der Waals surface area contributed by atoms with Crippen LogP contribution in [0.3, 0.4) is 0 Å². The molecule has 0 aliphatic heterocycles. The van der Waals surface area contributed by atoms with Crippen molar-refractivity contribution >= 4 is 33.2 Å². The van der Waals surface area contributed by atoms with E-state index in [0.717, 1.165) is 4.47 Å². The average molecular weight is 449 g/mol. The monoisotopic (exact) mass is 448 g/mol. The molecular formula is C17H17BrN6O4. The second-order valence-corrected chi connectivity index (χ2v) is 6.81. The van der Waals surface area contributed by atoms with Gasteiger partial charge in [-0.3, -0.25) is 19.6 Å². The van der Waals surface area contributed by atoms with Gasteiger partial charge in [0.25, 0.3) is 0 Å². The van der Waals surface area contributed by atoms with Gasteiger partial charge in [0.1, 0.15) is 17.6 Å². The van der Waals surface area contributed by atoms with E-state index in [4.69, 9.17) is 4.74 Å². The summed E-state index contributed by atoms with van der Waals surface area (Å²) in [5.74, 6) is 0.457. The summed E-state index contributed by atoms with van der Waals surface area (Å²) in [7, 11) is 0. The first-order chi connectivity index (χ1) is 13.4. The van der Waals surface area contributed by atoms with Crippen LogP contribution in [-0.2, 0) is 18.1 Å². The summed E-state index contributed by atoms with van der Waals surface area (Å²) in [6, 6.07) is 7.41. The van der Waals surface area contributed by atoms with Crippen molar-refractivity contribution in [2.75, 3.05) is 5.32 Å². The maximum Gasteiger partial charge on any atom is 0.309 e. The van der Waals surface area contributed by atoms with Gasteiger partial charge in [0.15, 0.2) is 6.73 Å². The van der Waals surface area contributed by atoms with Gasteiger partial charge in [-0.05, 0) is 31.2 Å². The zero-order valence-electron chi connectivity index (χ0n) is 14.9. The van der Waals surface area contributed by atoms with Gasteiger partial charge in [0.05, 0.1) is 29.5 Å². The van der Waals surface area contributed by atoms with Crippen molar-refractivity contribution in [3.63, 3.8) is 0 Å². The quantitative estimate of drug-likeness (QED) is 0.417. The van der Waals surface area contributed by atoms with Gasteiger partial charge >= 0.3 is 5.69 Å². The maximum absolute atomic E-state index is 12.1. The van der Waals surface area contributed by atoms with E-state index in [1.807, 2.05) is 24.3 Å². The molecule has 11 heteroatoms. The molecule has 0 bridgehead atoms. The highest BCUT2D eigenvalue weighted by atomic mass is 79.9. The summed E-state index contributed by atoms with van der Waals surface area (Å²) < 4.78 is 9.56. The molecule has 1 aromatic carbocycles. The fourth-order valence-electron chi connectivity index (χ4n) is 2.44. The molecule has 0 atom stereocenters. The number of aryl methyl sites for hydroxylation is 1. The number of nitrogens with one attached hydrogen (secondary N) is 1. The summed E-state index contributed by atoms with van der Waals surface area (Å²) in [5, 5.41) is 21.6. The van der Waals surface area contributed by atoms with Crippen LogP contribution >= 0.6 is 15.9 Å². The van der Waals surface area contributed by atoms with Crippen molar-refractivity contribution in [1.82, 2.24) is 19.6 Å². The van der Waals surface area contributed by atoms with Crippen LogP contribution in [0.25, 0.3) is 0 Å². The van der Waals surface area contributed by atoms with Crippen molar-refractivity contribution < 1.29 is 14.5 Å². The Morgan fingerprint density at radius 1 is 1.29 bits per heavy atom. The Morgan fingerprint density at radius 2 is 2.04 bits per heavy atom. The third-order valence-electron chi connectivity index (χ3n) is 3.92. The lowest BCUT2D eigenvalue weighted by atomic mass is 10.3. The molecular weight excluding hydrogens is 432 g/mol. The Morgan fingerprint density at radius 3 is 2.71 bits per heavy atom. The summed E-state index contributed by atoms with van der Waals surface area (Å²) in [4.78, 5) is 22.4. The normalized spacial score (nSPS) is 10.6. The van der Waals surface area contributed by atoms with Gasteiger partial charge in [-0.2, -0.15) is 10.2 Å². The number of hydrogen-bond acceptors (Lipinski definition) is 6. The molecule has 1 amide bonds. The van der Waals surface area contributed by atoms with Gasteiger partial charge in [-0.1, -0.05) is 15.9 Å². The summed E-state index contributed by atoms with van der Waals surface area (Å²) in [6.07, 6.45) is 4.48. The number of nitrogens with zero attached hydrogens (tertiary/aromatic N) is 5. The summed E-state index contributed by atoms with van der Waals surface area (Å²) >= 11 is 3.36. The maximum atomic E-state index is 12.1. The number of halogens is 1. The number of hydrogen-bond donors (Lipinski definition) is 1. The predicted molar refractivity (Wildman–Crippen MR) is 104 cm³/mol. The van der Waals surface area contributed by atoms with Gasteiger partial charge in [-0.25, -0.2) is 4.68 Å². The highest BCUT2D eigenvalue weighted by molar-refractivity contribution is 9.10. The van der Waals surface area contributed by atoms with Crippen molar-refractivity contribution in [3.05, 3.63) is 63.1 Å². The molecule has 3 rings (SSSR count). The molecule has 0 aliphatic rings. The van der Waals surface area contributed by atoms with E-state index in [-0.39, 0.29) is 31.3 Å². The summed E-state index contributed by atoms with van der Waals surface area (Å²) in [5.41, 5.74) is 0.885. The Labute approximate surface area is 168 Å². The van der Waals surface area contributed by atoms with Crippen molar-refractivity contribution in [3.8, 4) is 5.75 Å². The lowest BCUT2D eigenvalue weighted by molar-refractivity contribution is -0.385. The average Bonchev–Trinajstić information content (AvgIpc) is 3.26. The van der Waals surface area contributed by atoms with Gasteiger partial charge < -0.3 is 10.1 Å². The van der Waals surface area contributed by atoms with Crippen LogP contribution in [0.4, 0.5) is 11.4 Å². The van der Waals surface area contributed by atoms with E-state index >= 15 is 0 Å². The first-order valence-corrected chi connectivity index (χ1v) is 9.09. The molecule has 28 heavy (non-hydrogen) atoms. The number of amides is 1. The fourth-order valence-corrected chi connectivity index (χ4v) is 2.71. The van der Waals surface area contributed by atoms with Crippen LogP contribution in [0.2, 0.25) is 0 Å². The SMILES string of the molecule is Cc1c([N+](=O)[O-])cnn1CCC(=O)Nc1cnn(COc2ccc(Br)cc2)c1. The fraction of sp³-hybridized carbons (Fsp3) is 0.235. The van der Waals surface area contributed by atoms with Crippen molar-refractivity contribution in [2.45, 2.75) is 26.6 Å². The lowest BCUT2D eigenvalue weighted by Crippen LogP contribution is -2.15. The minimum absolute atomic E-state index is 0.0625. The van der Waals surface area contributed by atoms with Crippen LogP contribution < -0.4 is 10.1 Å². The Kier molecular flexibility index (Phi) is 6.04. The molecule has 10 nitrogen and oxygen atoms in total. The van der Waals surface area contributed by atoms with Crippen LogP contribution in [0.1, 0.15) is 12.1 Å². The first-order valence-electron chi connectivity index (χ1n) is 8.30. The second kappa shape index (κ2) is 8.65. The highest BCUT2D eigenvalue weighted by Gasteiger charge is 2.16. The Hall–Kier alpha value is -3.21. The number of anilines is 1. The smallest absolute Gasteiger partial charge is 0.309 e. The first kappa shape index (κ1) is 19.5. The third-order valence-corrected chi connectivity index (χ3v) is 4.45. The lowest BCUT2D eigenvalue weighted by Gasteiger charge is -2.06. The molecule has 3 aromatic rings. The molecule has 0 saturated heterocycles. The van der Waals surface area contributed by atoms with E-state index in [1.54, 1.807) is 17.8 Å². The third kappa shape index (κ3) is 4.94. The van der Waals surface area contributed by atoms with Gasteiger partial charge in [-0.15, -0.1) is 0 Å². The van der Waals surface area contributed by atoms with Crippen LogP contribution in [0, 0.1) is 17.0 Å². The second-order valence-electron chi connectivity index (χ2n) is 5.89. The zero-order valence-corrected chi connectivity index (χ0v) is 16.5. The van der Waals surface area contributed by atoms with Gasteiger partial charge in [0.2, 0.25) is 5.91 Å². The topological polar surface area (TPSA) is 117 Å². The van der Waals surface area contributed by atoms with Crippen molar-refractivity contribution in [2.24, 2.45) is 0 Å². The van der Waals surface area contributed by atoms with Crippen LogP contribution in [0.15, 0.2) is 47.3 Å². The molecule has 0 spiro atoms. The van der Waals surface area contributed by atoms with E-state index in [9.17, 15) is 14.9 Å². The van der Waals surface area contributed by atoms with Gasteiger partial charge in [0, 0.05) is 10.9 Å². The van der Waals surface area contributed by atoms with E-state index < -0.39 is 4.92 Å². The molecule has 2 aromatic heterocycles. The molecule has 2 heterocycles. The number of nitro groups is 1. The van der Waals surface area contributed by atoms with Crippen LogP contribution in [0.5, 0.6) is 5.75 Å². The number of ether oxygens (including phenoxy) is 1. The van der Waals surface area contributed by atoms with E-state index in [1.165, 1.54) is 17.1 Å². The zero-order chi connectivity index (χ0) is 20.1. The number of aromatic nitrogens is 4. The minimum Gasteiger partial charge on any atom is -0.471 e. The predicted octanol–water partition coefficient (Wildman–Crippen LogP) is 3.12. The largest absolute Gasteiger partial charge is 0.471 e. The minimum atomic E-state index is -0.496. The summed E-state index contributed by atoms with van der Waals surface area (Å²) in [6.45, 7) is 2.04. The molecule has 146 valence electrons. The molecule has 0 fully saturated rings. The number of carbonyl (C=O) groups excluding carboxylic acids is 1. The van der Waals surface area contributed by atoms with E-state index in [2.05, 4.69) is 31.4 Å². The number of benzene rings is 1. The van der Waals surface area contributed by atoms with E-state index in [0.29, 0.717) is 17.1 Å². The molecule has 0 aliphatic carbocycles.